The smallest absolute Gasteiger partial charge is 0.0626 e. The average Bonchev–Trinajstić information content (AvgIpc) is 3.57. The molecule has 7 aromatic rings. The van der Waals surface area contributed by atoms with E-state index in [9.17, 15) is 0 Å². The Kier molecular flexibility index (Phi) is 5.95. The zero-order valence-electron chi connectivity index (χ0n) is 23.5. The quantitative estimate of drug-likeness (QED) is 0.186. The fraction of sp³-hybridized carbons (Fsp3) is 0. The van der Waals surface area contributed by atoms with E-state index >= 15 is 0 Å². The van der Waals surface area contributed by atoms with Crippen molar-refractivity contribution in [1.29, 1.82) is 0 Å². The Hall–Kier alpha value is -5.12. The van der Waals surface area contributed by atoms with Crippen molar-refractivity contribution < 1.29 is 0 Å². The van der Waals surface area contributed by atoms with Gasteiger partial charge in [-0.15, -0.1) is 0 Å². The number of halogens is 1. The van der Waals surface area contributed by atoms with E-state index in [1.165, 1.54) is 10.8 Å². The van der Waals surface area contributed by atoms with Crippen LogP contribution in [-0.2, 0) is 0 Å². The molecule has 0 N–H and O–H groups in total. The minimum atomic E-state index is 1.03. The molecule has 0 atom stereocenters. The Morgan fingerprint density at radius 3 is 1.42 bits per heavy atom. The maximum atomic E-state index is 4.40. The number of fused-ring (bicyclic) bond motifs is 9. The lowest BCUT2D eigenvalue weighted by atomic mass is 9.84. The number of hydrogen-bond donors (Lipinski definition) is 0. The maximum absolute atomic E-state index is 4.40. The van der Waals surface area contributed by atoms with Crippen LogP contribution in [0.3, 0.4) is 0 Å². The minimum Gasteiger partial charge on any atom is -0.309 e. The van der Waals surface area contributed by atoms with Crippen LogP contribution in [-0.4, -0.2) is 9.13 Å². The summed E-state index contributed by atoms with van der Waals surface area (Å²) in [5, 5.41) is 2.36. The van der Waals surface area contributed by atoms with E-state index in [1.807, 2.05) is 12.2 Å². The zero-order valence-corrected chi connectivity index (χ0v) is 25.1. The SMILES string of the molecule is C=C/C1=C(\C=C)c2c(n(-c3ccccc3)c3ccccc23)-c2cc(Br)ccc2-c2c1c1ccccc1n2-c1ccccc1. The number of nitrogens with zero attached hydrogens (tertiary/aromatic N) is 2. The Morgan fingerprint density at radius 2 is 0.930 bits per heavy atom. The Balaban J connectivity index is 1.68. The normalized spacial score (nSPS) is 14.1. The molecule has 2 heterocycles. The lowest BCUT2D eigenvalue weighted by Crippen LogP contribution is -2.05. The molecule has 1 aliphatic carbocycles. The van der Waals surface area contributed by atoms with Gasteiger partial charge in [0.25, 0.3) is 0 Å². The number of benzene rings is 5. The molecule has 43 heavy (non-hydrogen) atoms. The van der Waals surface area contributed by atoms with Crippen LogP contribution < -0.4 is 0 Å². The molecular formula is C40H27BrN2. The first-order valence-electron chi connectivity index (χ1n) is 14.4. The van der Waals surface area contributed by atoms with E-state index in [-0.39, 0.29) is 0 Å². The monoisotopic (exact) mass is 614 g/mol. The molecule has 0 fully saturated rings. The first-order valence-corrected chi connectivity index (χ1v) is 15.2. The third-order valence-electron chi connectivity index (χ3n) is 8.51. The topological polar surface area (TPSA) is 9.86 Å². The number of hydrogen-bond acceptors (Lipinski definition) is 0. The molecule has 204 valence electrons. The highest BCUT2D eigenvalue weighted by atomic mass is 79.9. The van der Waals surface area contributed by atoms with Crippen LogP contribution in [0.2, 0.25) is 0 Å². The predicted molar refractivity (Wildman–Crippen MR) is 186 cm³/mol. The van der Waals surface area contributed by atoms with Crippen molar-refractivity contribution in [2.24, 2.45) is 0 Å². The van der Waals surface area contributed by atoms with Crippen LogP contribution in [0, 0.1) is 0 Å². The van der Waals surface area contributed by atoms with Gasteiger partial charge < -0.3 is 9.13 Å². The van der Waals surface area contributed by atoms with Gasteiger partial charge in [-0.3, -0.25) is 0 Å². The Bertz CT molecular complexity index is 2260. The highest BCUT2D eigenvalue weighted by Gasteiger charge is 2.32. The molecule has 0 saturated carbocycles. The summed E-state index contributed by atoms with van der Waals surface area (Å²) >= 11 is 3.84. The van der Waals surface area contributed by atoms with Crippen molar-refractivity contribution in [2.75, 3.05) is 0 Å². The van der Waals surface area contributed by atoms with Crippen LogP contribution in [0.25, 0.3) is 66.8 Å². The van der Waals surface area contributed by atoms with E-state index in [0.29, 0.717) is 0 Å². The third-order valence-corrected chi connectivity index (χ3v) is 9.00. The molecule has 8 rings (SSSR count). The maximum Gasteiger partial charge on any atom is 0.0626 e. The molecule has 0 unspecified atom stereocenters. The summed E-state index contributed by atoms with van der Waals surface area (Å²) < 4.78 is 5.84. The summed E-state index contributed by atoms with van der Waals surface area (Å²) in [4.78, 5) is 0. The van der Waals surface area contributed by atoms with Crippen molar-refractivity contribution >= 4 is 48.9 Å². The van der Waals surface area contributed by atoms with E-state index in [4.69, 9.17) is 0 Å². The number of para-hydroxylation sites is 4. The molecule has 0 spiro atoms. The number of rotatable bonds is 4. The van der Waals surface area contributed by atoms with Gasteiger partial charge in [-0.1, -0.05) is 120 Å². The standard InChI is InChI=1S/C40H27BrN2/c1-3-29-30(4-2)38-33-20-12-14-22-36(33)43(28-17-9-6-10-18-28)40(38)34-25-26(41)23-24-31(34)39-37(29)32-19-11-13-21-35(32)42(39)27-15-7-5-8-16-27/h3-25H,1-2H2/b30-29-,37-29?,38-30?,39-31?,40-34?. The molecule has 3 heteroatoms. The van der Waals surface area contributed by atoms with Crippen LogP contribution in [0.15, 0.2) is 157 Å². The number of allylic oxidation sites excluding steroid dienone is 4. The van der Waals surface area contributed by atoms with Crippen molar-refractivity contribution in [3.63, 3.8) is 0 Å². The van der Waals surface area contributed by atoms with Gasteiger partial charge in [0.15, 0.2) is 0 Å². The van der Waals surface area contributed by atoms with E-state index in [1.54, 1.807) is 0 Å². The molecule has 2 nitrogen and oxygen atoms in total. The molecule has 0 radical (unpaired) electrons. The molecule has 2 aromatic heterocycles. The van der Waals surface area contributed by atoms with Gasteiger partial charge in [0, 0.05) is 48.9 Å². The summed E-state index contributed by atoms with van der Waals surface area (Å²) in [6.45, 7) is 8.80. The second-order valence-electron chi connectivity index (χ2n) is 10.7. The first-order chi connectivity index (χ1) is 21.2. The number of aromatic nitrogens is 2. The van der Waals surface area contributed by atoms with Crippen LogP contribution in [0.5, 0.6) is 0 Å². The second-order valence-corrected chi connectivity index (χ2v) is 11.7. The Labute approximate surface area is 259 Å². The molecule has 5 aromatic carbocycles. The van der Waals surface area contributed by atoms with Crippen LogP contribution in [0.4, 0.5) is 0 Å². The largest absolute Gasteiger partial charge is 0.309 e. The molecule has 0 amide bonds. The van der Waals surface area contributed by atoms with Gasteiger partial charge in [0.2, 0.25) is 0 Å². The van der Waals surface area contributed by atoms with Gasteiger partial charge in [-0.2, -0.15) is 0 Å². The fourth-order valence-corrected chi connectivity index (χ4v) is 7.20. The summed E-state index contributed by atoms with van der Waals surface area (Å²) in [5.41, 5.74) is 13.6. The average molecular weight is 616 g/mol. The highest BCUT2D eigenvalue weighted by Crippen LogP contribution is 2.52. The predicted octanol–water partition coefficient (Wildman–Crippen LogP) is 11.3. The zero-order chi connectivity index (χ0) is 29.1. The molecule has 0 saturated heterocycles. The second kappa shape index (κ2) is 10.0. The van der Waals surface area contributed by atoms with Crippen LogP contribution >= 0.6 is 15.9 Å². The molecule has 0 aliphatic heterocycles. The summed E-state index contributed by atoms with van der Waals surface area (Å²) in [5.74, 6) is 0. The molecule has 1 aliphatic rings. The lowest BCUT2D eigenvalue weighted by Gasteiger charge is -2.23. The molecular weight excluding hydrogens is 588 g/mol. The highest BCUT2D eigenvalue weighted by molar-refractivity contribution is 9.10. The van der Waals surface area contributed by atoms with Gasteiger partial charge in [-0.25, -0.2) is 0 Å². The van der Waals surface area contributed by atoms with Crippen LogP contribution in [0.1, 0.15) is 11.1 Å². The van der Waals surface area contributed by atoms with Crippen molar-refractivity contribution in [3.8, 4) is 33.9 Å². The van der Waals surface area contributed by atoms with E-state index in [2.05, 4.69) is 166 Å². The van der Waals surface area contributed by atoms with Gasteiger partial charge in [-0.05, 0) is 59.7 Å². The van der Waals surface area contributed by atoms with Gasteiger partial charge in [0.05, 0.1) is 22.4 Å². The van der Waals surface area contributed by atoms with Crippen molar-refractivity contribution in [3.05, 3.63) is 168 Å². The lowest BCUT2D eigenvalue weighted by molar-refractivity contribution is 1.11. The van der Waals surface area contributed by atoms with Gasteiger partial charge in [0.1, 0.15) is 0 Å². The summed E-state index contributed by atoms with van der Waals surface area (Å²) in [6.07, 6.45) is 4.03. The summed E-state index contributed by atoms with van der Waals surface area (Å²) in [6, 6.07) is 45.3. The summed E-state index contributed by atoms with van der Waals surface area (Å²) in [7, 11) is 0. The van der Waals surface area contributed by atoms with Crippen molar-refractivity contribution in [1.82, 2.24) is 9.13 Å². The first kappa shape index (κ1) is 25.6. The van der Waals surface area contributed by atoms with Crippen molar-refractivity contribution in [2.45, 2.75) is 0 Å². The fourth-order valence-electron chi connectivity index (χ4n) is 6.84. The Morgan fingerprint density at radius 1 is 0.488 bits per heavy atom. The third kappa shape index (κ3) is 3.72. The van der Waals surface area contributed by atoms with E-state index < -0.39 is 0 Å². The van der Waals surface area contributed by atoms with E-state index in [0.717, 1.165) is 71.7 Å². The van der Waals surface area contributed by atoms with Gasteiger partial charge >= 0.3 is 0 Å². The molecule has 0 bridgehead atoms. The minimum absolute atomic E-state index is 1.03.